The Labute approximate surface area is 203 Å². The van der Waals surface area contributed by atoms with Gasteiger partial charge < -0.3 is 4.74 Å². The number of aryl methyl sites for hydroxylation is 1. The van der Waals surface area contributed by atoms with Gasteiger partial charge in [0.1, 0.15) is 11.8 Å². The minimum Gasteiger partial charge on any atom is -0.458 e. The predicted octanol–water partition coefficient (Wildman–Crippen LogP) is 7.25. The Bertz CT molecular complexity index is 1140. The minimum absolute atomic E-state index is 0.0818. The van der Waals surface area contributed by atoms with Gasteiger partial charge in [-0.3, -0.25) is 0 Å². The highest BCUT2D eigenvalue weighted by atomic mass is 35.5. The smallest absolute Gasteiger partial charge is 0.331 e. The molecular formula is C25H25Cl3N2O2. The van der Waals surface area contributed by atoms with Gasteiger partial charge in [0, 0.05) is 21.7 Å². The normalized spacial score (nSPS) is 11.8. The summed E-state index contributed by atoms with van der Waals surface area (Å²) >= 11 is 18.7. The third-order valence-corrected chi connectivity index (χ3v) is 6.02. The number of carbonyl (C=O) groups excluding carboxylic acids is 1. The van der Waals surface area contributed by atoms with E-state index in [9.17, 15) is 4.79 Å². The number of rotatable bonds is 6. The van der Waals surface area contributed by atoms with Crippen molar-refractivity contribution in [2.24, 2.45) is 0 Å². The molecule has 0 radical (unpaired) electrons. The Morgan fingerprint density at radius 3 is 2.41 bits per heavy atom. The summed E-state index contributed by atoms with van der Waals surface area (Å²) in [6, 6.07) is 13.3. The molecule has 7 heteroatoms. The molecule has 0 saturated heterocycles. The SMILES string of the molecule is Cc1nn(Cc2ccc(Cl)cc2Cl)c(Cl)c1C=CC(=O)OCc1ccc(C(C)(C)C)cc1. The van der Waals surface area contributed by atoms with Crippen LogP contribution in [0.5, 0.6) is 0 Å². The second-order valence-corrected chi connectivity index (χ2v) is 9.77. The largest absolute Gasteiger partial charge is 0.458 e. The molecule has 0 aliphatic carbocycles. The molecule has 0 bridgehead atoms. The fourth-order valence-corrected chi connectivity index (χ4v) is 3.89. The molecule has 3 rings (SSSR count). The topological polar surface area (TPSA) is 44.1 Å². The third kappa shape index (κ3) is 6.16. The standard InChI is InChI=1S/C25H25Cl3N2O2/c1-16-21(24(28)30(29-16)14-18-7-10-20(26)13-22(18)27)11-12-23(31)32-15-17-5-8-19(9-6-17)25(2,3)4/h5-13H,14-15H2,1-4H3. The molecule has 4 nitrogen and oxygen atoms in total. The van der Waals surface area contributed by atoms with Crippen LogP contribution in [0.3, 0.4) is 0 Å². The quantitative estimate of drug-likeness (QED) is 0.269. The van der Waals surface area contributed by atoms with E-state index in [2.05, 4.69) is 38.0 Å². The van der Waals surface area contributed by atoms with Crippen LogP contribution in [0.15, 0.2) is 48.5 Å². The van der Waals surface area contributed by atoms with E-state index in [1.54, 1.807) is 22.9 Å². The van der Waals surface area contributed by atoms with Gasteiger partial charge >= 0.3 is 5.97 Å². The Hall–Kier alpha value is -2.27. The summed E-state index contributed by atoms with van der Waals surface area (Å²) in [7, 11) is 0. The van der Waals surface area contributed by atoms with Crippen LogP contribution in [0.1, 0.15) is 48.7 Å². The van der Waals surface area contributed by atoms with Crippen molar-refractivity contribution in [2.75, 3.05) is 0 Å². The number of aromatic nitrogens is 2. The van der Waals surface area contributed by atoms with Crippen LogP contribution in [0.4, 0.5) is 0 Å². The summed E-state index contributed by atoms with van der Waals surface area (Å²) in [5, 5.41) is 5.97. The highest BCUT2D eigenvalue weighted by molar-refractivity contribution is 6.35. The van der Waals surface area contributed by atoms with E-state index < -0.39 is 5.97 Å². The first-order valence-corrected chi connectivity index (χ1v) is 11.3. The van der Waals surface area contributed by atoms with Gasteiger partial charge in [0.25, 0.3) is 0 Å². The summed E-state index contributed by atoms with van der Waals surface area (Å²) in [6.07, 6.45) is 2.98. The van der Waals surface area contributed by atoms with Crippen LogP contribution in [-0.2, 0) is 28.1 Å². The molecular weight excluding hydrogens is 467 g/mol. The lowest BCUT2D eigenvalue weighted by molar-refractivity contribution is -0.138. The highest BCUT2D eigenvalue weighted by Gasteiger charge is 2.14. The number of hydrogen-bond donors (Lipinski definition) is 0. The molecule has 0 N–H and O–H groups in total. The molecule has 1 aromatic heterocycles. The fourth-order valence-electron chi connectivity index (χ4n) is 3.13. The van der Waals surface area contributed by atoms with Crippen LogP contribution in [0.2, 0.25) is 15.2 Å². The Kier molecular flexibility index (Phi) is 7.71. The molecule has 0 atom stereocenters. The summed E-state index contributed by atoms with van der Waals surface area (Å²) < 4.78 is 6.99. The van der Waals surface area contributed by atoms with E-state index >= 15 is 0 Å². The van der Waals surface area contributed by atoms with Gasteiger partial charge in [0.05, 0.1) is 12.2 Å². The number of nitrogens with zero attached hydrogens (tertiary/aromatic N) is 2. The lowest BCUT2D eigenvalue weighted by Gasteiger charge is -2.19. The molecule has 0 fully saturated rings. The zero-order valence-electron chi connectivity index (χ0n) is 18.5. The number of benzene rings is 2. The molecule has 168 valence electrons. The zero-order chi connectivity index (χ0) is 23.5. The molecule has 0 aliphatic heterocycles. The van der Waals surface area contributed by atoms with Crippen molar-refractivity contribution in [1.82, 2.24) is 9.78 Å². The second-order valence-electron chi connectivity index (χ2n) is 8.57. The van der Waals surface area contributed by atoms with Gasteiger partial charge in [-0.25, -0.2) is 9.48 Å². The molecule has 0 unspecified atom stereocenters. The maximum atomic E-state index is 12.2. The van der Waals surface area contributed by atoms with Crippen molar-refractivity contribution in [2.45, 2.75) is 46.3 Å². The number of carbonyl (C=O) groups is 1. The lowest BCUT2D eigenvalue weighted by atomic mass is 9.87. The minimum atomic E-state index is -0.450. The van der Waals surface area contributed by atoms with E-state index in [4.69, 9.17) is 39.5 Å². The number of esters is 1. The Morgan fingerprint density at radius 1 is 1.09 bits per heavy atom. The zero-order valence-corrected chi connectivity index (χ0v) is 20.7. The van der Waals surface area contributed by atoms with Crippen molar-refractivity contribution in [3.63, 3.8) is 0 Å². The highest BCUT2D eigenvalue weighted by Crippen LogP contribution is 2.26. The van der Waals surface area contributed by atoms with Crippen LogP contribution in [0, 0.1) is 6.92 Å². The van der Waals surface area contributed by atoms with Crippen molar-refractivity contribution in [1.29, 1.82) is 0 Å². The number of hydrogen-bond acceptors (Lipinski definition) is 3. The maximum absolute atomic E-state index is 12.2. The van der Waals surface area contributed by atoms with Crippen molar-refractivity contribution < 1.29 is 9.53 Å². The summed E-state index contributed by atoms with van der Waals surface area (Å²) in [5.74, 6) is -0.450. The van der Waals surface area contributed by atoms with E-state index in [1.165, 1.54) is 11.6 Å². The van der Waals surface area contributed by atoms with E-state index in [0.29, 0.717) is 33.0 Å². The monoisotopic (exact) mass is 490 g/mol. The van der Waals surface area contributed by atoms with Crippen LogP contribution in [0.25, 0.3) is 6.08 Å². The molecule has 32 heavy (non-hydrogen) atoms. The molecule has 0 aliphatic rings. The first-order chi connectivity index (χ1) is 15.0. The summed E-state index contributed by atoms with van der Waals surface area (Å²) in [5.41, 5.74) is 4.44. The van der Waals surface area contributed by atoms with E-state index in [0.717, 1.165) is 11.1 Å². The van der Waals surface area contributed by atoms with Gasteiger partial charge in [0.2, 0.25) is 0 Å². The van der Waals surface area contributed by atoms with Crippen LogP contribution >= 0.6 is 34.8 Å². The van der Waals surface area contributed by atoms with Crippen molar-refractivity contribution in [3.8, 4) is 0 Å². The summed E-state index contributed by atoms with van der Waals surface area (Å²) in [6.45, 7) is 8.89. The van der Waals surface area contributed by atoms with Gasteiger partial charge in [-0.15, -0.1) is 0 Å². The third-order valence-electron chi connectivity index (χ3n) is 5.03. The van der Waals surface area contributed by atoms with Gasteiger partial charge in [-0.05, 0) is 47.2 Å². The van der Waals surface area contributed by atoms with E-state index in [-0.39, 0.29) is 12.0 Å². The average molecular weight is 492 g/mol. The predicted molar refractivity (Wildman–Crippen MR) is 132 cm³/mol. The molecule has 3 aromatic rings. The van der Waals surface area contributed by atoms with Crippen LogP contribution in [-0.4, -0.2) is 15.7 Å². The van der Waals surface area contributed by atoms with Crippen LogP contribution < -0.4 is 0 Å². The van der Waals surface area contributed by atoms with Gasteiger partial charge in [-0.1, -0.05) is 85.9 Å². The van der Waals surface area contributed by atoms with Crippen molar-refractivity contribution in [3.05, 3.63) is 91.7 Å². The lowest BCUT2D eigenvalue weighted by Crippen LogP contribution is -2.10. The molecule has 0 spiro atoms. The molecule has 0 amide bonds. The average Bonchev–Trinajstić information content (AvgIpc) is 2.99. The molecule has 0 saturated carbocycles. The van der Waals surface area contributed by atoms with E-state index in [1.807, 2.05) is 25.1 Å². The number of halogens is 3. The summed E-state index contributed by atoms with van der Waals surface area (Å²) in [4.78, 5) is 12.2. The molecule has 2 aromatic carbocycles. The van der Waals surface area contributed by atoms with Gasteiger partial charge in [0.15, 0.2) is 0 Å². The van der Waals surface area contributed by atoms with Crippen molar-refractivity contribution >= 4 is 46.8 Å². The first kappa shape index (κ1) is 24.4. The Morgan fingerprint density at radius 2 is 1.78 bits per heavy atom. The maximum Gasteiger partial charge on any atom is 0.331 e. The number of ether oxygens (including phenoxy) is 1. The first-order valence-electron chi connectivity index (χ1n) is 10.2. The second kappa shape index (κ2) is 10.1. The Balaban J connectivity index is 1.64. The molecule has 1 heterocycles. The fraction of sp³-hybridized carbons (Fsp3) is 0.280. The van der Waals surface area contributed by atoms with Gasteiger partial charge in [-0.2, -0.15) is 5.10 Å².